The van der Waals surface area contributed by atoms with E-state index in [0.29, 0.717) is 16.3 Å². The molecule has 0 fully saturated rings. The fourth-order valence-electron chi connectivity index (χ4n) is 0.711. The van der Waals surface area contributed by atoms with Gasteiger partial charge >= 0.3 is 0 Å². The molecule has 10 heavy (non-hydrogen) atoms. The topological polar surface area (TPSA) is 46.2 Å². The number of hydrogen-bond donors (Lipinski definition) is 2. The van der Waals surface area contributed by atoms with Crippen molar-refractivity contribution in [2.75, 3.05) is 5.73 Å². The summed E-state index contributed by atoms with van der Waals surface area (Å²) in [5.74, 6) is 0. The molecule has 0 heterocycles. The van der Waals surface area contributed by atoms with Crippen molar-refractivity contribution in [2.45, 2.75) is 6.61 Å². The molecule has 54 valence electrons. The summed E-state index contributed by atoms with van der Waals surface area (Å²) in [6, 6.07) is 5.01. The van der Waals surface area contributed by atoms with Crippen LogP contribution in [0.5, 0.6) is 0 Å². The first-order valence-electron chi connectivity index (χ1n) is 2.89. The number of hydrogen-bond acceptors (Lipinski definition) is 2. The maximum Gasteiger partial charge on any atom is 0.0702 e. The third kappa shape index (κ3) is 1.40. The first kappa shape index (κ1) is 7.38. The quantitative estimate of drug-likeness (QED) is 0.606. The van der Waals surface area contributed by atoms with Crippen molar-refractivity contribution >= 4 is 17.3 Å². The normalized spacial score (nSPS) is 9.80. The lowest BCUT2D eigenvalue weighted by atomic mass is 10.2. The van der Waals surface area contributed by atoms with Crippen LogP contribution in [-0.2, 0) is 6.61 Å². The number of nitrogen functional groups attached to an aromatic ring is 1. The van der Waals surface area contributed by atoms with Crippen LogP contribution in [0.2, 0.25) is 5.02 Å². The van der Waals surface area contributed by atoms with Gasteiger partial charge in [0.2, 0.25) is 0 Å². The first-order valence-corrected chi connectivity index (χ1v) is 3.26. The fraction of sp³-hybridized carbons (Fsp3) is 0.143. The van der Waals surface area contributed by atoms with Gasteiger partial charge < -0.3 is 10.8 Å². The van der Waals surface area contributed by atoms with E-state index < -0.39 is 0 Å². The molecule has 3 N–H and O–H groups in total. The molecule has 1 rings (SSSR count). The van der Waals surface area contributed by atoms with Gasteiger partial charge in [-0.05, 0) is 18.2 Å². The smallest absolute Gasteiger partial charge is 0.0702 e. The van der Waals surface area contributed by atoms with Crippen molar-refractivity contribution in [3.8, 4) is 0 Å². The lowest BCUT2D eigenvalue weighted by Crippen LogP contribution is -1.92. The second-order valence-electron chi connectivity index (χ2n) is 2.00. The maximum atomic E-state index is 8.70. The van der Waals surface area contributed by atoms with E-state index in [1.165, 1.54) is 0 Å². The van der Waals surface area contributed by atoms with Crippen molar-refractivity contribution in [2.24, 2.45) is 0 Å². The van der Waals surface area contributed by atoms with E-state index in [1.54, 1.807) is 18.2 Å². The van der Waals surface area contributed by atoms with Crippen molar-refractivity contribution in [1.29, 1.82) is 0 Å². The van der Waals surface area contributed by atoms with Crippen LogP contribution in [0.1, 0.15) is 5.56 Å². The minimum absolute atomic E-state index is 0.0631. The number of aliphatic hydroxyl groups is 1. The summed E-state index contributed by atoms with van der Waals surface area (Å²) in [5.41, 5.74) is 6.73. The number of aliphatic hydroxyl groups excluding tert-OH is 1. The Kier molecular flexibility index (Phi) is 2.14. The predicted molar refractivity (Wildman–Crippen MR) is 41.8 cm³/mol. The van der Waals surface area contributed by atoms with Gasteiger partial charge in [-0.15, -0.1) is 0 Å². The molecule has 0 bridgehead atoms. The third-order valence-electron chi connectivity index (χ3n) is 1.28. The van der Waals surface area contributed by atoms with E-state index in [0.717, 1.165) is 0 Å². The summed E-state index contributed by atoms with van der Waals surface area (Å²) in [6.45, 7) is -0.0631. The molecule has 3 heteroatoms. The lowest BCUT2D eigenvalue weighted by molar-refractivity contribution is 0.282. The molecule has 0 spiro atoms. The zero-order valence-corrected chi connectivity index (χ0v) is 6.10. The van der Waals surface area contributed by atoms with Crippen LogP contribution < -0.4 is 5.73 Å². The number of anilines is 1. The summed E-state index contributed by atoms with van der Waals surface area (Å²) < 4.78 is 0. The van der Waals surface area contributed by atoms with E-state index in [1.807, 2.05) is 0 Å². The van der Waals surface area contributed by atoms with Crippen LogP contribution in [0.4, 0.5) is 5.69 Å². The minimum atomic E-state index is -0.0631. The zero-order valence-electron chi connectivity index (χ0n) is 5.34. The van der Waals surface area contributed by atoms with E-state index in [9.17, 15) is 0 Å². The van der Waals surface area contributed by atoms with Gasteiger partial charge in [-0.25, -0.2) is 0 Å². The average Bonchev–Trinajstić information content (AvgIpc) is 1.94. The van der Waals surface area contributed by atoms with Gasteiger partial charge in [-0.3, -0.25) is 0 Å². The molecule has 0 aromatic heterocycles. The molecule has 0 aliphatic heterocycles. The Morgan fingerprint density at radius 3 is 2.70 bits per heavy atom. The largest absolute Gasteiger partial charge is 0.398 e. The zero-order chi connectivity index (χ0) is 7.56. The Bertz CT molecular complexity index is 237. The van der Waals surface area contributed by atoms with Gasteiger partial charge in [0.25, 0.3) is 0 Å². The summed E-state index contributed by atoms with van der Waals surface area (Å²) in [7, 11) is 0. The lowest BCUT2D eigenvalue weighted by Gasteiger charge is -2.00. The molecule has 0 saturated heterocycles. The van der Waals surface area contributed by atoms with Gasteiger partial charge in [-0.1, -0.05) is 11.6 Å². The van der Waals surface area contributed by atoms with E-state index >= 15 is 0 Å². The summed E-state index contributed by atoms with van der Waals surface area (Å²) in [6.07, 6.45) is 0. The highest BCUT2D eigenvalue weighted by atomic mass is 35.5. The molecular weight excluding hydrogens is 150 g/mol. The highest BCUT2D eigenvalue weighted by Gasteiger charge is 1.96. The molecule has 1 aromatic rings. The SMILES string of the molecule is Nc1ccc(Cl)cc1CO. The Morgan fingerprint density at radius 1 is 1.50 bits per heavy atom. The van der Waals surface area contributed by atoms with Gasteiger partial charge in [0.15, 0.2) is 0 Å². The van der Waals surface area contributed by atoms with Crippen LogP contribution in [0, 0.1) is 0 Å². The second kappa shape index (κ2) is 2.90. The van der Waals surface area contributed by atoms with Crippen LogP contribution in [0.25, 0.3) is 0 Å². The number of nitrogens with two attached hydrogens (primary N) is 1. The van der Waals surface area contributed by atoms with Crippen LogP contribution in [0.3, 0.4) is 0 Å². The molecule has 0 aliphatic rings. The Hall–Kier alpha value is -0.730. The number of benzene rings is 1. The highest BCUT2D eigenvalue weighted by molar-refractivity contribution is 6.30. The number of rotatable bonds is 1. The van der Waals surface area contributed by atoms with Crippen LogP contribution in [0.15, 0.2) is 18.2 Å². The summed E-state index contributed by atoms with van der Waals surface area (Å²) in [4.78, 5) is 0. The van der Waals surface area contributed by atoms with Crippen molar-refractivity contribution in [3.05, 3.63) is 28.8 Å². The molecule has 0 saturated carbocycles. The molecule has 0 aliphatic carbocycles. The Labute approximate surface area is 64.2 Å². The molecule has 1 aromatic carbocycles. The molecule has 0 amide bonds. The highest BCUT2D eigenvalue weighted by Crippen LogP contribution is 2.17. The van der Waals surface area contributed by atoms with Crippen molar-refractivity contribution in [1.82, 2.24) is 0 Å². The number of halogens is 1. The van der Waals surface area contributed by atoms with Gasteiger partial charge in [0.1, 0.15) is 0 Å². The summed E-state index contributed by atoms with van der Waals surface area (Å²) in [5, 5.41) is 9.30. The monoisotopic (exact) mass is 157 g/mol. The average molecular weight is 158 g/mol. The van der Waals surface area contributed by atoms with Crippen LogP contribution in [-0.4, -0.2) is 5.11 Å². The second-order valence-corrected chi connectivity index (χ2v) is 2.44. The van der Waals surface area contributed by atoms with E-state index in [2.05, 4.69) is 0 Å². The standard InChI is InChI=1S/C7H8ClNO/c8-6-1-2-7(9)5(3-6)4-10/h1-3,10H,4,9H2. The van der Waals surface area contributed by atoms with Crippen molar-refractivity contribution in [3.63, 3.8) is 0 Å². The van der Waals surface area contributed by atoms with E-state index in [4.69, 9.17) is 22.4 Å². The summed E-state index contributed by atoms with van der Waals surface area (Å²) >= 11 is 5.63. The molecule has 0 radical (unpaired) electrons. The van der Waals surface area contributed by atoms with Gasteiger partial charge in [0.05, 0.1) is 6.61 Å². The minimum Gasteiger partial charge on any atom is -0.398 e. The van der Waals surface area contributed by atoms with Crippen LogP contribution >= 0.6 is 11.6 Å². The van der Waals surface area contributed by atoms with Gasteiger partial charge in [0, 0.05) is 16.3 Å². The fourth-order valence-corrected chi connectivity index (χ4v) is 0.906. The predicted octanol–water partition coefficient (Wildman–Crippen LogP) is 1.41. The molecular formula is C7H8ClNO. The molecule has 0 unspecified atom stereocenters. The molecule has 2 nitrogen and oxygen atoms in total. The van der Waals surface area contributed by atoms with Crippen molar-refractivity contribution < 1.29 is 5.11 Å². The van der Waals surface area contributed by atoms with Gasteiger partial charge in [-0.2, -0.15) is 0 Å². The first-order chi connectivity index (χ1) is 4.74. The Balaban J connectivity index is 3.09. The van der Waals surface area contributed by atoms with E-state index in [-0.39, 0.29) is 6.61 Å². The molecule has 0 atom stereocenters. The maximum absolute atomic E-state index is 8.70. The Morgan fingerprint density at radius 2 is 2.20 bits per heavy atom. The third-order valence-corrected chi connectivity index (χ3v) is 1.51.